The average Bonchev–Trinajstić information content (AvgIpc) is 3.47. The topological polar surface area (TPSA) is 3.24 Å². The van der Waals surface area contributed by atoms with Gasteiger partial charge in [0.2, 0.25) is 0 Å². The molecule has 0 N–H and O–H groups in total. The lowest BCUT2D eigenvalue weighted by molar-refractivity contribution is 0.662. The molecule has 0 spiro atoms. The Labute approximate surface area is 317 Å². The third-order valence-electron chi connectivity index (χ3n) is 11.4. The van der Waals surface area contributed by atoms with E-state index in [2.05, 4.69) is 219 Å². The molecule has 256 valence electrons. The molecule has 0 aliphatic heterocycles. The Morgan fingerprint density at radius 3 is 1.81 bits per heavy atom. The zero-order valence-corrected chi connectivity index (χ0v) is 30.5. The Kier molecular flexibility index (Phi) is 7.56. The van der Waals surface area contributed by atoms with Crippen LogP contribution in [0, 0.1) is 0 Å². The molecule has 1 aliphatic carbocycles. The molecule has 9 aromatic rings. The molecule has 0 amide bonds. The second kappa shape index (κ2) is 12.8. The number of hydrogen-bond acceptors (Lipinski definition) is 1. The van der Waals surface area contributed by atoms with Crippen LogP contribution in [-0.2, 0) is 5.41 Å². The minimum absolute atomic E-state index is 0.196. The molecular weight excluding hydrogens is 651 g/mol. The molecule has 1 aliphatic rings. The van der Waals surface area contributed by atoms with Crippen molar-refractivity contribution in [2.75, 3.05) is 4.90 Å². The van der Waals surface area contributed by atoms with Crippen molar-refractivity contribution in [2.24, 2.45) is 0 Å². The third-order valence-corrected chi connectivity index (χ3v) is 11.4. The Morgan fingerprint density at radius 2 is 0.944 bits per heavy atom. The highest BCUT2D eigenvalue weighted by atomic mass is 15.1. The fourth-order valence-corrected chi connectivity index (χ4v) is 9.00. The standard InChI is InChI=1S/C53H39N/c1-53(2)48-30-12-10-24-44(48)46-28-15-29-47(52(46)53)51-42(38-18-4-3-5-19-38)26-16-32-50(51)54(40-34-33-36-17-6-7-21-39(36)35-40)49-31-13-11-25-45(49)43-27-14-22-37-20-8-9-23-41(37)43/h3-35H,1-2H3. The van der Waals surface area contributed by atoms with Crippen LogP contribution in [0.5, 0.6) is 0 Å². The van der Waals surface area contributed by atoms with E-state index in [0.29, 0.717) is 0 Å². The Balaban J connectivity index is 1.32. The summed E-state index contributed by atoms with van der Waals surface area (Å²) in [6, 6.07) is 73.5. The summed E-state index contributed by atoms with van der Waals surface area (Å²) >= 11 is 0. The molecule has 0 bridgehead atoms. The molecule has 0 fully saturated rings. The lowest BCUT2D eigenvalue weighted by Gasteiger charge is -2.33. The van der Waals surface area contributed by atoms with E-state index in [1.807, 2.05) is 0 Å². The Hall–Kier alpha value is -6.70. The predicted octanol–water partition coefficient (Wildman–Crippen LogP) is 14.8. The summed E-state index contributed by atoms with van der Waals surface area (Å²) in [7, 11) is 0. The Bertz CT molecular complexity index is 2860. The first-order valence-corrected chi connectivity index (χ1v) is 18.9. The number of nitrogens with zero attached hydrogens (tertiary/aromatic N) is 1. The van der Waals surface area contributed by atoms with Crippen molar-refractivity contribution in [3.8, 4) is 44.5 Å². The summed E-state index contributed by atoms with van der Waals surface area (Å²) in [5.41, 5.74) is 15.9. The number of benzene rings is 9. The number of fused-ring (bicyclic) bond motifs is 5. The zero-order valence-electron chi connectivity index (χ0n) is 30.5. The lowest BCUT2D eigenvalue weighted by Crippen LogP contribution is -2.17. The molecule has 0 saturated heterocycles. The minimum atomic E-state index is -0.196. The summed E-state index contributed by atoms with van der Waals surface area (Å²) in [6.45, 7) is 4.78. The van der Waals surface area contributed by atoms with Gasteiger partial charge in [0.05, 0.1) is 11.4 Å². The summed E-state index contributed by atoms with van der Waals surface area (Å²) in [6.07, 6.45) is 0. The monoisotopic (exact) mass is 689 g/mol. The summed E-state index contributed by atoms with van der Waals surface area (Å²) in [5.74, 6) is 0. The molecule has 1 heteroatoms. The number of rotatable bonds is 6. The van der Waals surface area contributed by atoms with E-state index in [1.165, 1.54) is 77.2 Å². The molecule has 10 rings (SSSR count). The van der Waals surface area contributed by atoms with Gasteiger partial charge in [0.25, 0.3) is 0 Å². The van der Waals surface area contributed by atoms with E-state index in [1.54, 1.807) is 0 Å². The van der Waals surface area contributed by atoms with Crippen LogP contribution in [-0.4, -0.2) is 0 Å². The molecule has 54 heavy (non-hydrogen) atoms. The smallest absolute Gasteiger partial charge is 0.0546 e. The van der Waals surface area contributed by atoms with Gasteiger partial charge in [-0.05, 0) is 90.3 Å². The third kappa shape index (κ3) is 5.08. The molecule has 0 saturated carbocycles. The summed E-state index contributed by atoms with van der Waals surface area (Å²) in [4.78, 5) is 2.51. The maximum absolute atomic E-state index is 2.51. The van der Waals surface area contributed by atoms with Crippen molar-refractivity contribution in [3.63, 3.8) is 0 Å². The van der Waals surface area contributed by atoms with E-state index < -0.39 is 0 Å². The predicted molar refractivity (Wildman–Crippen MR) is 230 cm³/mol. The Morgan fingerprint density at radius 1 is 0.370 bits per heavy atom. The fraction of sp³-hybridized carbons (Fsp3) is 0.0566. The first-order chi connectivity index (χ1) is 26.6. The van der Waals surface area contributed by atoms with Crippen LogP contribution in [0.2, 0.25) is 0 Å². The average molecular weight is 690 g/mol. The van der Waals surface area contributed by atoms with Gasteiger partial charge in [-0.2, -0.15) is 0 Å². The molecular formula is C53H39N. The second-order valence-electron chi connectivity index (χ2n) is 14.9. The van der Waals surface area contributed by atoms with Crippen molar-refractivity contribution >= 4 is 38.6 Å². The van der Waals surface area contributed by atoms with Gasteiger partial charge in [0.1, 0.15) is 0 Å². The maximum Gasteiger partial charge on any atom is 0.0546 e. The largest absolute Gasteiger partial charge is 0.309 e. The van der Waals surface area contributed by atoms with Crippen molar-refractivity contribution < 1.29 is 0 Å². The van der Waals surface area contributed by atoms with Crippen LogP contribution in [0.1, 0.15) is 25.0 Å². The van der Waals surface area contributed by atoms with Crippen molar-refractivity contribution in [3.05, 3.63) is 211 Å². The number of anilines is 3. The summed E-state index contributed by atoms with van der Waals surface area (Å²) in [5, 5.41) is 4.91. The number of hydrogen-bond donors (Lipinski definition) is 0. The molecule has 0 heterocycles. The fourth-order valence-electron chi connectivity index (χ4n) is 9.00. The SMILES string of the molecule is CC1(C)c2ccccc2-c2cccc(-c3c(-c4ccccc4)cccc3N(c3ccc4ccccc4c3)c3ccccc3-c3cccc4ccccc34)c21. The van der Waals surface area contributed by atoms with Gasteiger partial charge < -0.3 is 4.90 Å². The second-order valence-corrected chi connectivity index (χ2v) is 14.9. The van der Waals surface area contributed by atoms with Crippen LogP contribution in [0.15, 0.2) is 200 Å². The van der Waals surface area contributed by atoms with Gasteiger partial charge in [0.15, 0.2) is 0 Å². The maximum atomic E-state index is 2.51. The summed E-state index contributed by atoms with van der Waals surface area (Å²) < 4.78 is 0. The zero-order chi connectivity index (χ0) is 36.2. The van der Waals surface area contributed by atoms with Crippen molar-refractivity contribution in [1.29, 1.82) is 0 Å². The molecule has 9 aromatic carbocycles. The van der Waals surface area contributed by atoms with Crippen LogP contribution in [0.3, 0.4) is 0 Å². The van der Waals surface area contributed by atoms with Gasteiger partial charge >= 0.3 is 0 Å². The van der Waals surface area contributed by atoms with Gasteiger partial charge in [-0.15, -0.1) is 0 Å². The van der Waals surface area contributed by atoms with E-state index in [9.17, 15) is 0 Å². The lowest BCUT2D eigenvalue weighted by atomic mass is 9.77. The van der Waals surface area contributed by atoms with Crippen LogP contribution >= 0.6 is 0 Å². The van der Waals surface area contributed by atoms with E-state index in [4.69, 9.17) is 0 Å². The highest BCUT2D eigenvalue weighted by Crippen LogP contribution is 2.56. The normalized spacial score (nSPS) is 12.8. The molecule has 0 radical (unpaired) electrons. The minimum Gasteiger partial charge on any atom is -0.309 e. The molecule has 1 nitrogen and oxygen atoms in total. The molecule has 0 aromatic heterocycles. The van der Waals surface area contributed by atoms with Crippen molar-refractivity contribution in [2.45, 2.75) is 19.3 Å². The van der Waals surface area contributed by atoms with Crippen LogP contribution in [0.25, 0.3) is 66.1 Å². The van der Waals surface area contributed by atoms with Gasteiger partial charge in [-0.3, -0.25) is 0 Å². The highest BCUT2D eigenvalue weighted by molar-refractivity contribution is 6.05. The van der Waals surface area contributed by atoms with E-state index >= 15 is 0 Å². The van der Waals surface area contributed by atoms with E-state index in [0.717, 1.165) is 17.1 Å². The van der Waals surface area contributed by atoms with Crippen LogP contribution in [0.4, 0.5) is 17.1 Å². The van der Waals surface area contributed by atoms with Gasteiger partial charge in [-0.25, -0.2) is 0 Å². The van der Waals surface area contributed by atoms with Gasteiger partial charge in [0, 0.05) is 22.2 Å². The molecule has 0 atom stereocenters. The van der Waals surface area contributed by atoms with E-state index in [-0.39, 0.29) is 5.41 Å². The van der Waals surface area contributed by atoms with Gasteiger partial charge in [-0.1, -0.05) is 190 Å². The first-order valence-electron chi connectivity index (χ1n) is 18.9. The number of para-hydroxylation sites is 1. The first kappa shape index (κ1) is 32.0. The van der Waals surface area contributed by atoms with Crippen molar-refractivity contribution in [1.82, 2.24) is 0 Å². The molecule has 0 unspecified atom stereocenters. The van der Waals surface area contributed by atoms with Crippen LogP contribution < -0.4 is 4.90 Å². The highest BCUT2D eigenvalue weighted by Gasteiger charge is 2.38. The quantitative estimate of drug-likeness (QED) is 0.168.